The van der Waals surface area contributed by atoms with Crippen LogP contribution in [0.3, 0.4) is 0 Å². The van der Waals surface area contributed by atoms with Crippen LogP contribution in [0.25, 0.3) is 11.4 Å². The minimum absolute atomic E-state index is 0.0870. The van der Waals surface area contributed by atoms with Crippen LogP contribution in [-0.4, -0.2) is 46.0 Å². The SMILES string of the molecule is CCC1C(C=O)N(C)c2cnc(-c3ccn(C)c(=O)c3)nc2N1C1CCCC1. The van der Waals surface area contributed by atoms with E-state index < -0.39 is 0 Å². The molecule has 2 atom stereocenters. The second-order valence-electron chi connectivity index (χ2n) is 7.83. The van der Waals surface area contributed by atoms with Crippen LogP contribution < -0.4 is 15.4 Å². The van der Waals surface area contributed by atoms with Gasteiger partial charge in [0.15, 0.2) is 11.6 Å². The van der Waals surface area contributed by atoms with Gasteiger partial charge in [-0.15, -0.1) is 0 Å². The summed E-state index contributed by atoms with van der Waals surface area (Å²) in [5.41, 5.74) is 1.50. The summed E-state index contributed by atoms with van der Waals surface area (Å²) in [5, 5.41) is 0. The number of rotatable bonds is 4. The molecule has 3 heterocycles. The molecule has 1 aliphatic carbocycles. The van der Waals surface area contributed by atoms with Gasteiger partial charge in [-0.1, -0.05) is 19.8 Å². The number of nitrogens with zero attached hydrogens (tertiary/aromatic N) is 5. The van der Waals surface area contributed by atoms with E-state index in [2.05, 4.69) is 16.8 Å². The van der Waals surface area contributed by atoms with E-state index in [4.69, 9.17) is 4.98 Å². The average molecular weight is 381 g/mol. The van der Waals surface area contributed by atoms with Crippen LogP contribution in [0.1, 0.15) is 39.0 Å². The highest BCUT2D eigenvalue weighted by atomic mass is 16.1. The fraction of sp³-hybridized carbons (Fsp3) is 0.524. The van der Waals surface area contributed by atoms with Crippen LogP contribution in [0.4, 0.5) is 11.5 Å². The van der Waals surface area contributed by atoms with Gasteiger partial charge in [-0.3, -0.25) is 4.79 Å². The van der Waals surface area contributed by atoms with Gasteiger partial charge in [0.05, 0.1) is 17.9 Å². The van der Waals surface area contributed by atoms with Crippen molar-refractivity contribution in [2.45, 2.75) is 57.2 Å². The summed E-state index contributed by atoms with van der Waals surface area (Å²) >= 11 is 0. The van der Waals surface area contributed by atoms with Gasteiger partial charge in [-0.2, -0.15) is 0 Å². The molecule has 148 valence electrons. The summed E-state index contributed by atoms with van der Waals surface area (Å²) in [4.78, 5) is 37.8. The first kappa shape index (κ1) is 18.7. The van der Waals surface area contributed by atoms with Gasteiger partial charge in [0, 0.05) is 38.0 Å². The van der Waals surface area contributed by atoms with Crippen LogP contribution >= 0.6 is 0 Å². The third-order valence-corrected chi connectivity index (χ3v) is 6.21. The zero-order valence-corrected chi connectivity index (χ0v) is 16.7. The van der Waals surface area contributed by atoms with Gasteiger partial charge < -0.3 is 19.2 Å². The van der Waals surface area contributed by atoms with E-state index in [0.29, 0.717) is 17.4 Å². The molecule has 4 rings (SSSR count). The van der Waals surface area contributed by atoms with E-state index in [1.165, 1.54) is 17.4 Å². The monoisotopic (exact) mass is 381 g/mol. The first-order chi connectivity index (χ1) is 13.5. The Hall–Kier alpha value is -2.70. The minimum Gasteiger partial charge on any atom is -0.359 e. The molecule has 28 heavy (non-hydrogen) atoms. The highest BCUT2D eigenvalue weighted by Crippen LogP contribution is 2.41. The van der Waals surface area contributed by atoms with E-state index in [1.54, 1.807) is 25.5 Å². The third-order valence-electron chi connectivity index (χ3n) is 6.21. The van der Waals surface area contributed by atoms with Gasteiger partial charge in [-0.25, -0.2) is 9.97 Å². The standard InChI is InChI=1S/C21H27N5O2/c1-4-16-18(13-27)25(3)17-12-22-20(14-9-10-24(2)19(28)11-14)23-21(17)26(16)15-7-5-6-8-15/h9-13,15-16,18H,4-8H2,1-3H3. The zero-order valence-electron chi connectivity index (χ0n) is 16.7. The van der Waals surface area contributed by atoms with E-state index in [-0.39, 0.29) is 17.6 Å². The maximum absolute atomic E-state index is 12.1. The summed E-state index contributed by atoms with van der Waals surface area (Å²) in [5.74, 6) is 1.43. The molecule has 2 unspecified atom stereocenters. The quantitative estimate of drug-likeness (QED) is 0.758. The molecule has 2 aromatic heterocycles. The van der Waals surface area contributed by atoms with Crippen molar-refractivity contribution in [3.8, 4) is 11.4 Å². The molecule has 0 saturated heterocycles. The van der Waals surface area contributed by atoms with Crippen LogP contribution in [0.5, 0.6) is 0 Å². The maximum Gasteiger partial charge on any atom is 0.250 e. The third kappa shape index (κ3) is 2.99. The van der Waals surface area contributed by atoms with Crippen LogP contribution in [0.2, 0.25) is 0 Å². The van der Waals surface area contributed by atoms with Crippen molar-refractivity contribution < 1.29 is 4.79 Å². The van der Waals surface area contributed by atoms with Crippen molar-refractivity contribution in [2.24, 2.45) is 7.05 Å². The fourth-order valence-corrected chi connectivity index (χ4v) is 4.62. The Balaban J connectivity index is 1.85. The Morgan fingerprint density at radius 1 is 1.25 bits per heavy atom. The fourth-order valence-electron chi connectivity index (χ4n) is 4.62. The molecule has 0 N–H and O–H groups in total. The maximum atomic E-state index is 12.1. The molecule has 1 saturated carbocycles. The summed E-state index contributed by atoms with van der Waals surface area (Å²) in [6.07, 6.45) is 10.1. The number of hydrogen-bond donors (Lipinski definition) is 0. The van der Waals surface area contributed by atoms with Gasteiger partial charge in [0.1, 0.15) is 12.3 Å². The van der Waals surface area contributed by atoms with Crippen molar-refractivity contribution >= 4 is 17.8 Å². The van der Waals surface area contributed by atoms with E-state index >= 15 is 0 Å². The molecule has 1 aliphatic heterocycles. The van der Waals surface area contributed by atoms with Gasteiger partial charge in [0.2, 0.25) is 0 Å². The molecule has 0 spiro atoms. The molecule has 0 amide bonds. The van der Waals surface area contributed by atoms with Crippen LogP contribution in [0, 0.1) is 0 Å². The van der Waals surface area contributed by atoms with Crippen molar-refractivity contribution in [3.05, 3.63) is 34.9 Å². The Kier molecular flexibility index (Phi) is 4.91. The number of hydrogen-bond acceptors (Lipinski definition) is 6. The summed E-state index contributed by atoms with van der Waals surface area (Å²) in [6, 6.07) is 3.70. The molecule has 2 aromatic rings. The lowest BCUT2D eigenvalue weighted by molar-refractivity contribution is -0.109. The summed E-state index contributed by atoms with van der Waals surface area (Å²) in [7, 11) is 3.66. The molecule has 7 heteroatoms. The number of anilines is 2. The average Bonchev–Trinajstić information content (AvgIpc) is 3.23. The van der Waals surface area contributed by atoms with Crippen molar-refractivity contribution in [1.82, 2.24) is 14.5 Å². The van der Waals surface area contributed by atoms with E-state index in [0.717, 1.165) is 37.1 Å². The van der Waals surface area contributed by atoms with Crippen molar-refractivity contribution in [3.63, 3.8) is 0 Å². The van der Waals surface area contributed by atoms with Crippen molar-refractivity contribution in [2.75, 3.05) is 16.8 Å². The number of carbonyl (C=O) groups excluding carboxylic acids is 1. The van der Waals surface area contributed by atoms with E-state index in [1.807, 2.05) is 18.0 Å². The Bertz CT molecular complexity index is 935. The molecular formula is C21H27N5O2. The smallest absolute Gasteiger partial charge is 0.250 e. The molecule has 1 fully saturated rings. The molecule has 0 aromatic carbocycles. The van der Waals surface area contributed by atoms with Gasteiger partial charge in [0.25, 0.3) is 5.56 Å². The zero-order chi connectivity index (χ0) is 19.8. The second-order valence-corrected chi connectivity index (χ2v) is 7.83. The minimum atomic E-state index is -0.212. The number of pyridine rings is 1. The molecular weight excluding hydrogens is 354 g/mol. The first-order valence-electron chi connectivity index (χ1n) is 10.1. The molecule has 2 aliphatic rings. The summed E-state index contributed by atoms with van der Waals surface area (Å²) < 4.78 is 1.53. The molecule has 0 bridgehead atoms. The highest BCUT2D eigenvalue weighted by Gasteiger charge is 2.41. The van der Waals surface area contributed by atoms with Gasteiger partial charge in [-0.05, 0) is 25.3 Å². The largest absolute Gasteiger partial charge is 0.359 e. The second kappa shape index (κ2) is 7.37. The van der Waals surface area contributed by atoms with Crippen molar-refractivity contribution in [1.29, 1.82) is 0 Å². The van der Waals surface area contributed by atoms with Crippen LogP contribution in [-0.2, 0) is 11.8 Å². The predicted octanol–water partition coefficient (Wildman–Crippen LogP) is 2.39. The Labute approximate surface area is 165 Å². The first-order valence-corrected chi connectivity index (χ1v) is 10.1. The number of fused-ring (bicyclic) bond motifs is 1. The number of aryl methyl sites for hydroxylation is 1. The van der Waals surface area contributed by atoms with E-state index in [9.17, 15) is 9.59 Å². The number of aldehydes is 1. The lowest BCUT2D eigenvalue weighted by atomic mass is 9.96. The number of carbonyl (C=O) groups is 1. The molecule has 0 radical (unpaired) electrons. The number of likely N-dealkylation sites (N-methyl/N-ethyl adjacent to an activating group) is 1. The summed E-state index contributed by atoms with van der Waals surface area (Å²) in [6.45, 7) is 2.13. The number of aromatic nitrogens is 3. The normalized spacial score (nSPS) is 22.4. The Morgan fingerprint density at radius 3 is 2.64 bits per heavy atom. The Morgan fingerprint density at radius 2 is 2.00 bits per heavy atom. The van der Waals surface area contributed by atoms with Gasteiger partial charge >= 0.3 is 0 Å². The molecule has 7 nitrogen and oxygen atoms in total. The lowest BCUT2D eigenvalue weighted by Crippen LogP contribution is -2.58. The highest BCUT2D eigenvalue weighted by molar-refractivity contribution is 5.79. The predicted molar refractivity (Wildman–Crippen MR) is 110 cm³/mol. The van der Waals surface area contributed by atoms with Crippen LogP contribution in [0.15, 0.2) is 29.3 Å². The lowest BCUT2D eigenvalue weighted by Gasteiger charge is -2.48. The topological polar surface area (TPSA) is 71.3 Å².